The number of rotatable bonds is 3. The van der Waals surface area contributed by atoms with E-state index in [1.807, 2.05) is 0 Å². The first kappa shape index (κ1) is 13.9. The molecule has 2 unspecified atom stereocenters. The molecule has 0 saturated carbocycles. The summed E-state index contributed by atoms with van der Waals surface area (Å²) in [5.74, 6) is -0.624. The summed E-state index contributed by atoms with van der Waals surface area (Å²) in [6, 6.07) is 2.70. The quantitative estimate of drug-likeness (QED) is 0.910. The highest BCUT2D eigenvalue weighted by Crippen LogP contribution is 2.22. The molecule has 1 amide bonds. The van der Waals surface area contributed by atoms with Crippen LogP contribution >= 0.6 is 0 Å². The lowest BCUT2D eigenvalue weighted by molar-refractivity contribution is 0.0509. The van der Waals surface area contributed by atoms with Crippen molar-refractivity contribution in [1.29, 1.82) is 0 Å². The number of hydrogen-bond acceptors (Lipinski definition) is 3. The third kappa shape index (κ3) is 3.50. The molecule has 0 aromatic carbocycles. The number of carbonyl (C=O) groups excluding carboxylic acids is 1. The molecular formula is C14H19FN2O2. The maximum Gasteiger partial charge on any atom is 0.272 e. The van der Waals surface area contributed by atoms with E-state index < -0.39 is 11.9 Å². The number of amides is 1. The van der Waals surface area contributed by atoms with Crippen molar-refractivity contribution in [3.63, 3.8) is 0 Å². The zero-order valence-electron chi connectivity index (χ0n) is 11.1. The first-order chi connectivity index (χ1) is 9.08. The Bertz CT molecular complexity index is 434. The van der Waals surface area contributed by atoms with Gasteiger partial charge in [-0.05, 0) is 44.7 Å². The Morgan fingerprint density at radius 2 is 2.37 bits per heavy atom. The van der Waals surface area contributed by atoms with Crippen LogP contribution in [-0.2, 0) is 0 Å². The SMILES string of the molecule is CC(O)CC1CCCCN1C(=O)c1ccc(F)cn1. The van der Waals surface area contributed by atoms with Gasteiger partial charge in [-0.25, -0.2) is 9.37 Å². The van der Waals surface area contributed by atoms with Gasteiger partial charge in [0.15, 0.2) is 0 Å². The lowest BCUT2D eigenvalue weighted by Crippen LogP contribution is -2.45. The summed E-state index contributed by atoms with van der Waals surface area (Å²) in [4.78, 5) is 18.0. The predicted molar refractivity (Wildman–Crippen MR) is 69.2 cm³/mol. The molecule has 19 heavy (non-hydrogen) atoms. The lowest BCUT2D eigenvalue weighted by Gasteiger charge is -2.36. The molecule has 5 heteroatoms. The molecule has 1 saturated heterocycles. The van der Waals surface area contributed by atoms with E-state index in [9.17, 15) is 14.3 Å². The first-order valence-corrected chi connectivity index (χ1v) is 6.68. The maximum atomic E-state index is 12.8. The summed E-state index contributed by atoms with van der Waals surface area (Å²) in [5, 5.41) is 9.51. The van der Waals surface area contributed by atoms with E-state index in [4.69, 9.17) is 0 Å². The summed E-state index contributed by atoms with van der Waals surface area (Å²) in [6.07, 6.45) is 4.13. The van der Waals surface area contributed by atoms with E-state index in [1.165, 1.54) is 12.1 Å². The molecule has 104 valence electrons. The number of pyridine rings is 1. The minimum atomic E-state index is -0.448. The Balaban J connectivity index is 2.12. The van der Waals surface area contributed by atoms with E-state index in [2.05, 4.69) is 4.98 Å². The van der Waals surface area contributed by atoms with Crippen LogP contribution in [0.4, 0.5) is 4.39 Å². The van der Waals surface area contributed by atoms with Gasteiger partial charge in [-0.1, -0.05) is 0 Å². The number of nitrogens with zero attached hydrogens (tertiary/aromatic N) is 2. The Morgan fingerprint density at radius 3 is 3.00 bits per heavy atom. The smallest absolute Gasteiger partial charge is 0.272 e. The van der Waals surface area contributed by atoms with Crippen LogP contribution in [-0.4, -0.2) is 39.6 Å². The van der Waals surface area contributed by atoms with Crippen LogP contribution in [0.25, 0.3) is 0 Å². The van der Waals surface area contributed by atoms with Crippen molar-refractivity contribution in [2.45, 2.75) is 44.8 Å². The fourth-order valence-corrected chi connectivity index (χ4v) is 2.56. The Kier molecular flexibility index (Phi) is 4.47. The fourth-order valence-electron chi connectivity index (χ4n) is 2.56. The molecule has 0 aliphatic carbocycles. The average molecular weight is 266 g/mol. The minimum Gasteiger partial charge on any atom is -0.393 e. The van der Waals surface area contributed by atoms with E-state index in [0.29, 0.717) is 13.0 Å². The number of aromatic nitrogens is 1. The van der Waals surface area contributed by atoms with Gasteiger partial charge in [0.05, 0.1) is 12.3 Å². The normalized spacial score (nSPS) is 21.2. The molecule has 2 atom stereocenters. The highest BCUT2D eigenvalue weighted by atomic mass is 19.1. The molecule has 1 N–H and O–H groups in total. The molecule has 1 aliphatic heterocycles. The maximum absolute atomic E-state index is 12.8. The molecule has 2 rings (SSSR count). The third-order valence-corrected chi connectivity index (χ3v) is 3.45. The van der Waals surface area contributed by atoms with Crippen molar-refractivity contribution in [2.24, 2.45) is 0 Å². The number of piperidine rings is 1. The summed E-state index contributed by atoms with van der Waals surface area (Å²) in [7, 11) is 0. The van der Waals surface area contributed by atoms with Gasteiger partial charge in [0.1, 0.15) is 11.5 Å². The van der Waals surface area contributed by atoms with Crippen LogP contribution in [0.1, 0.15) is 43.1 Å². The molecular weight excluding hydrogens is 247 g/mol. The van der Waals surface area contributed by atoms with Crippen molar-refractivity contribution in [3.8, 4) is 0 Å². The van der Waals surface area contributed by atoms with Crippen molar-refractivity contribution in [1.82, 2.24) is 9.88 Å². The summed E-state index contributed by atoms with van der Waals surface area (Å²) in [6.45, 7) is 2.41. The molecule has 1 aromatic rings. The molecule has 1 aromatic heterocycles. The van der Waals surface area contributed by atoms with Gasteiger partial charge in [0.2, 0.25) is 0 Å². The molecule has 1 fully saturated rings. The Morgan fingerprint density at radius 1 is 1.58 bits per heavy atom. The molecule has 4 nitrogen and oxygen atoms in total. The number of halogens is 1. The average Bonchev–Trinajstić information content (AvgIpc) is 2.39. The zero-order valence-corrected chi connectivity index (χ0v) is 11.1. The van der Waals surface area contributed by atoms with Crippen LogP contribution in [0.15, 0.2) is 18.3 Å². The van der Waals surface area contributed by atoms with E-state index >= 15 is 0 Å². The van der Waals surface area contributed by atoms with E-state index in [0.717, 1.165) is 25.5 Å². The second kappa shape index (κ2) is 6.10. The molecule has 0 spiro atoms. The molecule has 2 heterocycles. The van der Waals surface area contributed by atoms with Crippen molar-refractivity contribution in [2.75, 3.05) is 6.54 Å². The second-order valence-electron chi connectivity index (χ2n) is 5.09. The topological polar surface area (TPSA) is 53.4 Å². The number of likely N-dealkylation sites (tertiary alicyclic amines) is 1. The van der Waals surface area contributed by atoms with Gasteiger partial charge in [-0.15, -0.1) is 0 Å². The van der Waals surface area contributed by atoms with E-state index in [1.54, 1.807) is 11.8 Å². The van der Waals surface area contributed by atoms with Crippen molar-refractivity contribution < 1.29 is 14.3 Å². The van der Waals surface area contributed by atoms with Gasteiger partial charge in [-0.3, -0.25) is 4.79 Å². The number of aliphatic hydroxyl groups is 1. The van der Waals surface area contributed by atoms with Crippen molar-refractivity contribution >= 4 is 5.91 Å². The standard InChI is InChI=1S/C14H19FN2O2/c1-10(18)8-12-4-2-3-7-17(12)14(19)13-6-5-11(15)9-16-13/h5-6,9-10,12,18H,2-4,7-8H2,1H3. The van der Waals surface area contributed by atoms with E-state index in [-0.39, 0.29) is 17.6 Å². The fraction of sp³-hybridized carbons (Fsp3) is 0.571. The predicted octanol–water partition coefficient (Wildman–Crippen LogP) is 1.99. The largest absolute Gasteiger partial charge is 0.393 e. The third-order valence-electron chi connectivity index (χ3n) is 3.45. The minimum absolute atomic E-state index is 0.0492. The Labute approximate surface area is 112 Å². The lowest BCUT2D eigenvalue weighted by atomic mass is 9.97. The van der Waals surface area contributed by atoms with Gasteiger partial charge < -0.3 is 10.0 Å². The monoisotopic (exact) mass is 266 g/mol. The highest BCUT2D eigenvalue weighted by molar-refractivity contribution is 5.92. The zero-order chi connectivity index (χ0) is 13.8. The van der Waals surface area contributed by atoms with Gasteiger partial charge in [0.25, 0.3) is 5.91 Å². The summed E-state index contributed by atoms with van der Waals surface area (Å²) < 4.78 is 12.8. The summed E-state index contributed by atoms with van der Waals surface area (Å²) >= 11 is 0. The number of aliphatic hydroxyl groups excluding tert-OH is 1. The summed E-state index contributed by atoms with van der Waals surface area (Å²) in [5.41, 5.74) is 0.263. The van der Waals surface area contributed by atoms with Gasteiger partial charge >= 0.3 is 0 Å². The van der Waals surface area contributed by atoms with Crippen LogP contribution in [0, 0.1) is 5.82 Å². The second-order valence-corrected chi connectivity index (χ2v) is 5.09. The Hall–Kier alpha value is -1.49. The van der Waals surface area contributed by atoms with Gasteiger partial charge in [0, 0.05) is 12.6 Å². The first-order valence-electron chi connectivity index (χ1n) is 6.68. The van der Waals surface area contributed by atoms with Gasteiger partial charge in [-0.2, -0.15) is 0 Å². The van der Waals surface area contributed by atoms with Crippen LogP contribution in [0.2, 0.25) is 0 Å². The highest BCUT2D eigenvalue weighted by Gasteiger charge is 2.28. The van der Waals surface area contributed by atoms with Crippen LogP contribution in [0.3, 0.4) is 0 Å². The number of carbonyl (C=O) groups is 1. The van der Waals surface area contributed by atoms with Crippen LogP contribution in [0.5, 0.6) is 0 Å². The number of hydrogen-bond donors (Lipinski definition) is 1. The molecule has 1 aliphatic rings. The molecule has 0 radical (unpaired) electrons. The van der Waals surface area contributed by atoms with Crippen LogP contribution < -0.4 is 0 Å². The molecule has 0 bridgehead atoms. The van der Waals surface area contributed by atoms with Crippen molar-refractivity contribution in [3.05, 3.63) is 29.8 Å².